The molecule has 24 heavy (non-hydrogen) atoms. The zero-order valence-electron chi connectivity index (χ0n) is 12.5. The Hall–Kier alpha value is -1.54. The molecule has 1 aromatic rings. The number of carbonyl (C=O) groups excluding carboxylic acids is 1. The molecule has 0 N–H and O–H groups in total. The number of fused-ring (bicyclic) bond motifs is 1. The van der Waals surface area contributed by atoms with Crippen LogP contribution < -0.4 is 4.74 Å². The molecular weight excluding hydrogens is 354 g/mol. The molecule has 0 radical (unpaired) electrons. The number of benzene rings is 1. The lowest BCUT2D eigenvalue weighted by Crippen LogP contribution is -2.50. The second kappa shape index (κ2) is 6.07. The first-order valence-corrected chi connectivity index (χ1v) is 7.77. The van der Waals surface area contributed by atoms with Crippen molar-refractivity contribution in [3.05, 3.63) is 28.5 Å². The number of halogens is 5. The van der Waals surface area contributed by atoms with Crippen molar-refractivity contribution in [1.82, 2.24) is 5.06 Å². The highest BCUT2D eigenvalue weighted by Crippen LogP contribution is 2.43. The van der Waals surface area contributed by atoms with Crippen LogP contribution in [0.2, 0.25) is 5.02 Å². The summed E-state index contributed by atoms with van der Waals surface area (Å²) in [6.45, 7) is 0.242. The first-order chi connectivity index (χ1) is 11.2. The molecule has 0 atom stereocenters. The normalized spacial score (nSPS) is 20.4. The average molecular weight is 368 g/mol. The van der Waals surface area contributed by atoms with Gasteiger partial charge in [-0.1, -0.05) is 11.6 Å². The summed E-state index contributed by atoms with van der Waals surface area (Å²) < 4.78 is 56.0. The molecule has 1 spiro atoms. The van der Waals surface area contributed by atoms with Crippen molar-refractivity contribution in [3.63, 3.8) is 0 Å². The minimum absolute atomic E-state index is 0.121. The molecule has 0 aromatic heterocycles. The van der Waals surface area contributed by atoms with Gasteiger partial charge in [-0.3, -0.25) is 0 Å². The molecule has 0 unspecified atom stereocenters. The third-order valence-electron chi connectivity index (χ3n) is 4.33. The van der Waals surface area contributed by atoms with E-state index < -0.39 is 23.6 Å². The molecule has 0 bridgehead atoms. The molecule has 2 aliphatic heterocycles. The van der Waals surface area contributed by atoms with Crippen LogP contribution in [0.4, 0.5) is 17.6 Å². The Morgan fingerprint density at radius 2 is 1.92 bits per heavy atom. The number of hydrogen-bond donors (Lipinski definition) is 0. The van der Waals surface area contributed by atoms with E-state index in [1.54, 1.807) is 0 Å². The van der Waals surface area contributed by atoms with E-state index in [1.165, 1.54) is 12.1 Å². The van der Waals surface area contributed by atoms with E-state index in [0.717, 1.165) is 5.06 Å². The second-order valence-corrected chi connectivity index (χ2v) is 6.37. The minimum atomic E-state index is -5.02. The summed E-state index contributed by atoms with van der Waals surface area (Å²) in [5.41, 5.74) is 0.0897. The number of carbonyl (C=O) groups is 1. The molecule has 2 aliphatic rings. The number of aryl methyl sites for hydroxylation is 1. The molecule has 3 rings (SSSR count). The molecule has 9 heteroatoms. The van der Waals surface area contributed by atoms with Crippen molar-refractivity contribution in [2.45, 2.75) is 37.5 Å². The van der Waals surface area contributed by atoms with Gasteiger partial charge in [0.2, 0.25) is 0 Å². The van der Waals surface area contributed by atoms with Gasteiger partial charge in [0.25, 0.3) is 0 Å². The van der Waals surface area contributed by atoms with Gasteiger partial charge in [-0.05, 0) is 30.5 Å². The predicted molar refractivity (Wildman–Crippen MR) is 76.0 cm³/mol. The topological polar surface area (TPSA) is 38.8 Å². The van der Waals surface area contributed by atoms with E-state index in [2.05, 4.69) is 4.84 Å². The van der Waals surface area contributed by atoms with Crippen LogP contribution in [0.25, 0.3) is 0 Å². The zero-order valence-corrected chi connectivity index (χ0v) is 13.2. The summed E-state index contributed by atoms with van der Waals surface area (Å²) in [5, 5.41) is 1.17. The summed E-state index contributed by atoms with van der Waals surface area (Å²) >= 11 is 6.03. The lowest BCUT2D eigenvalue weighted by Gasteiger charge is -2.44. The molecule has 1 saturated heterocycles. The molecule has 2 heterocycles. The smallest absolute Gasteiger partial charge is 0.485 e. The third-order valence-corrected chi connectivity index (χ3v) is 4.61. The van der Waals surface area contributed by atoms with E-state index in [1.807, 2.05) is 0 Å². The van der Waals surface area contributed by atoms with Crippen LogP contribution in [0.15, 0.2) is 12.1 Å². The van der Waals surface area contributed by atoms with Crippen LogP contribution in [0.5, 0.6) is 5.75 Å². The largest absolute Gasteiger partial charge is 0.492 e. The Balaban J connectivity index is 1.65. The Labute approximate surface area is 140 Å². The number of alkyl halides is 3. The van der Waals surface area contributed by atoms with E-state index in [-0.39, 0.29) is 18.1 Å². The molecule has 1 fully saturated rings. The number of hydroxylamine groups is 2. The summed E-state index contributed by atoms with van der Waals surface area (Å²) in [4.78, 5) is 15.2. The highest BCUT2D eigenvalue weighted by atomic mass is 35.5. The fourth-order valence-electron chi connectivity index (χ4n) is 3.05. The van der Waals surface area contributed by atoms with Crippen molar-refractivity contribution in [3.8, 4) is 5.75 Å². The Morgan fingerprint density at radius 3 is 2.54 bits per heavy atom. The molecule has 1 aromatic carbocycles. The van der Waals surface area contributed by atoms with Gasteiger partial charge in [-0.25, -0.2) is 9.18 Å². The van der Waals surface area contributed by atoms with Gasteiger partial charge in [-0.15, -0.1) is 5.06 Å². The van der Waals surface area contributed by atoms with Gasteiger partial charge in [0.15, 0.2) is 0 Å². The number of rotatable bonds is 1. The van der Waals surface area contributed by atoms with Crippen molar-refractivity contribution in [1.29, 1.82) is 0 Å². The van der Waals surface area contributed by atoms with Crippen molar-refractivity contribution >= 4 is 17.6 Å². The van der Waals surface area contributed by atoms with Crippen LogP contribution in [-0.2, 0) is 16.1 Å². The number of piperidine rings is 1. The van der Waals surface area contributed by atoms with Gasteiger partial charge in [-0.2, -0.15) is 13.2 Å². The van der Waals surface area contributed by atoms with Crippen molar-refractivity contribution in [2.24, 2.45) is 0 Å². The van der Waals surface area contributed by atoms with Gasteiger partial charge in [0, 0.05) is 25.9 Å². The molecule has 132 valence electrons. The maximum absolute atomic E-state index is 13.4. The van der Waals surface area contributed by atoms with Crippen LogP contribution in [0.1, 0.15) is 24.8 Å². The Morgan fingerprint density at radius 1 is 1.25 bits per heavy atom. The van der Waals surface area contributed by atoms with E-state index in [4.69, 9.17) is 16.3 Å². The summed E-state index contributed by atoms with van der Waals surface area (Å²) in [6, 6.07) is 2.54. The highest BCUT2D eigenvalue weighted by molar-refractivity contribution is 6.32. The summed E-state index contributed by atoms with van der Waals surface area (Å²) in [7, 11) is 0. The Bertz CT molecular complexity index is 657. The molecular formula is C15H14ClF4NO3. The number of nitrogens with zero attached hydrogens (tertiary/aromatic N) is 1. The van der Waals surface area contributed by atoms with Crippen molar-refractivity contribution < 1.29 is 31.9 Å². The Kier molecular flexibility index (Phi) is 4.37. The molecule has 4 nitrogen and oxygen atoms in total. The summed E-state index contributed by atoms with van der Waals surface area (Å²) in [6.07, 6.45) is -3.10. The third kappa shape index (κ3) is 3.44. The fourth-order valence-corrected chi connectivity index (χ4v) is 3.31. The zero-order chi connectivity index (χ0) is 17.5. The average Bonchev–Trinajstić information content (AvgIpc) is 2.50. The SMILES string of the molecule is O=C(ON1CCC2(CCc3cc(F)cc(Cl)c3O2)CC1)C(F)(F)F. The lowest BCUT2D eigenvalue weighted by atomic mass is 9.83. The van der Waals surface area contributed by atoms with E-state index >= 15 is 0 Å². The van der Waals surface area contributed by atoms with Crippen LogP contribution >= 0.6 is 11.6 Å². The van der Waals surface area contributed by atoms with Gasteiger partial charge >= 0.3 is 12.1 Å². The van der Waals surface area contributed by atoms with Gasteiger partial charge in [0.05, 0.1) is 5.02 Å². The van der Waals surface area contributed by atoms with Crippen LogP contribution in [0, 0.1) is 5.82 Å². The lowest BCUT2D eigenvalue weighted by molar-refractivity contribution is -0.246. The molecule has 0 aliphatic carbocycles. The number of hydrogen-bond acceptors (Lipinski definition) is 4. The van der Waals surface area contributed by atoms with Crippen molar-refractivity contribution in [2.75, 3.05) is 13.1 Å². The minimum Gasteiger partial charge on any atom is -0.485 e. The second-order valence-electron chi connectivity index (χ2n) is 5.97. The highest BCUT2D eigenvalue weighted by Gasteiger charge is 2.45. The molecule has 0 amide bonds. The van der Waals surface area contributed by atoms with Gasteiger partial charge in [0.1, 0.15) is 17.2 Å². The van der Waals surface area contributed by atoms with E-state index in [9.17, 15) is 22.4 Å². The first kappa shape index (κ1) is 17.3. The number of ether oxygens (including phenoxy) is 1. The predicted octanol–water partition coefficient (Wildman–Crippen LogP) is 3.66. The fraction of sp³-hybridized carbons (Fsp3) is 0.533. The van der Waals surface area contributed by atoms with Crippen LogP contribution in [-0.4, -0.2) is 35.9 Å². The monoisotopic (exact) mass is 367 g/mol. The van der Waals surface area contributed by atoms with E-state index in [0.29, 0.717) is 37.0 Å². The van der Waals surface area contributed by atoms with Crippen LogP contribution in [0.3, 0.4) is 0 Å². The quantitative estimate of drug-likeness (QED) is 0.710. The first-order valence-electron chi connectivity index (χ1n) is 7.40. The summed E-state index contributed by atoms with van der Waals surface area (Å²) in [5.74, 6) is -2.25. The maximum Gasteiger partial charge on any atom is 0.492 e. The maximum atomic E-state index is 13.4. The standard InChI is InChI=1S/C15H14ClF4NO3/c16-11-8-10(17)7-9-1-2-14(23-12(9)11)3-5-21(6-4-14)24-13(22)15(18,19)20/h7-8H,1-6H2. The van der Waals surface area contributed by atoms with Gasteiger partial charge < -0.3 is 9.57 Å². The molecule has 0 saturated carbocycles.